The van der Waals surface area contributed by atoms with Gasteiger partial charge in [0.15, 0.2) is 11.5 Å². The van der Waals surface area contributed by atoms with Crippen molar-refractivity contribution in [1.82, 2.24) is 0 Å². The molecule has 0 bridgehead atoms. The van der Waals surface area contributed by atoms with Gasteiger partial charge in [0.1, 0.15) is 16.7 Å². The van der Waals surface area contributed by atoms with Crippen LogP contribution in [0.2, 0.25) is 0 Å². The van der Waals surface area contributed by atoms with E-state index in [1.165, 1.54) is 14.2 Å². The van der Waals surface area contributed by atoms with E-state index in [2.05, 4.69) is 6.58 Å². The maximum Gasteiger partial charge on any atom is 0.239 e. The van der Waals surface area contributed by atoms with Crippen LogP contribution in [-0.2, 0) is 11.2 Å². The number of fused-ring (bicyclic) bond motifs is 1. The summed E-state index contributed by atoms with van der Waals surface area (Å²) in [5, 5.41) is 0.278. The van der Waals surface area contributed by atoms with Gasteiger partial charge in [-0.1, -0.05) is 36.9 Å². The Morgan fingerprint density at radius 2 is 1.81 bits per heavy atom. The van der Waals surface area contributed by atoms with Crippen LogP contribution in [0.1, 0.15) is 12.5 Å². The van der Waals surface area contributed by atoms with Crippen LogP contribution in [-0.4, -0.2) is 20.0 Å². The lowest BCUT2D eigenvalue weighted by molar-refractivity contribution is -0.114. The Balaban J connectivity index is 2.29. The molecule has 5 heteroatoms. The van der Waals surface area contributed by atoms with Gasteiger partial charge in [0.2, 0.25) is 11.2 Å². The lowest BCUT2D eigenvalue weighted by atomic mass is 10.0. The highest BCUT2D eigenvalue weighted by molar-refractivity contribution is 5.96. The van der Waals surface area contributed by atoms with Gasteiger partial charge in [-0.25, -0.2) is 0 Å². The van der Waals surface area contributed by atoms with Gasteiger partial charge in [-0.05, 0) is 30.2 Å². The molecule has 0 N–H and O–H groups in total. The average molecular weight is 364 g/mol. The van der Waals surface area contributed by atoms with E-state index in [0.717, 1.165) is 5.56 Å². The number of ether oxygens (including phenoxy) is 2. The number of methoxy groups -OCH3 is 2. The third-order valence-electron chi connectivity index (χ3n) is 4.28. The Morgan fingerprint density at radius 3 is 2.41 bits per heavy atom. The van der Waals surface area contributed by atoms with Crippen molar-refractivity contribution in [3.63, 3.8) is 0 Å². The second kappa shape index (κ2) is 7.50. The summed E-state index contributed by atoms with van der Waals surface area (Å²) in [5.41, 5.74) is 1.88. The fraction of sp³-hybridized carbons (Fsp3) is 0.182. The van der Waals surface area contributed by atoms with Crippen molar-refractivity contribution in [1.29, 1.82) is 0 Å². The van der Waals surface area contributed by atoms with Crippen LogP contribution in [0.15, 0.2) is 63.8 Å². The summed E-state index contributed by atoms with van der Waals surface area (Å²) < 4.78 is 16.8. The Labute approximate surface area is 156 Å². The van der Waals surface area contributed by atoms with E-state index in [1.54, 1.807) is 19.1 Å². The molecule has 0 aliphatic rings. The monoisotopic (exact) mass is 364 g/mol. The molecule has 0 spiro atoms. The van der Waals surface area contributed by atoms with Gasteiger partial charge in [0, 0.05) is 12.0 Å². The number of hydrogen-bond donors (Lipinski definition) is 0. The molecule has 3 aromatic rings. The molecule has 0 saturated heterocycles. The number of ketones is 1. The van der Waals surface area contributed by atoms with Crippen LogP contribution in [0, 0.1) is 0 Å². The Bertz CT molecular complexity index is 1080. The molecule has 0 aliphatic heterocycles. The minimum absolute atomic E-state index is 0.0875. The summed E-state index contributed by atoms with van der Waals surface area (Å²) >= 11 is 0. The molecule has 138 valence electrons. The maximum absolute atomic E-state index is 13.0. The zero-order valence-corrected chi connectivity index (χ0v) is 15.5. The molecule has 0 aliphatic carbocycles. The van der Waals surface area contributed by atoms with Crippen molar-refractivity contribution >= 4 is 16.8 Å². The Hall–Kier alpha value is -3.34. The number of allylic oxidation sites excluding steroid dienone is 1. The van der Waals surface area contributed by atoms with E-state index in [9.17, 15) is 9.59 Å². The van der Waals surface area contributed by atoms with Crippen molar-refractivity contribution in [2.45, 2.75) is 13.3 Å². The number of benzene rings is 2. The summed E-state index contributed by atoms with van der Waals surface area (Å²) in [4.78, 5) is 25.1. The van der Waals surface area contributed by atoms with Gasteiger partial charge in [-0.15, -0.1) is 0 Å². The van der Waals surface area contributed by atoms with Gasteiger partial charge in [-0.3, -0.25) is 9.59 Å². The van der Waals surface area contributed by atoms with Crippen LogP contribution in [0.25, 0.3) is 22.3 Å². The Kier molecular flexibility index (Phi) is 5.12. The summed E-state index contributed by atoms with van der Waals surface area (Å²) in [7, 11) is 2.90. The first-order valence-electron chi connectivity index (χ1n) is 8.42. The van der Waals surface area contributed by atoms with Crippen molar-refractivity contribution in [3.8, 4) is 22.8 Å². The molecule has 0 saturated carbocycles. The van der Waals surface area contributed by atoms with Crippen molar-refractivity contribution in [2.24, 2.45) is 0 Å². The predicted molar refractivity (Wildman–Crippen MR) is 105 cm³/mol. The van der Waals surface area contributed by atoms with Gasteiger partial charge in [-0.2, -0.15) is 0 Å². The number of hydrogen-bond acceptors (Lipinski definition) is 5. The Morgan fingerprint density at radius 1 is 1.11 bits per heavy atom. The summed E-state index contributed by atoms with van der Waals surface area (Å²) in [6.45, 7) is 5.34. The van der Waals surface area contributed by atoms with E-state index in [-0.39, 0.29) is 28.8 Å². The van der Waals surface area contributed by atoms with Crippen LogP contribution in [0.5, 0.6) is 11.5 Å². The quantitative estimate of drug-likeness (QED) is 0.614. The number of carbonyl (C=O) groups is 1. The molecule has 3 rings (SSSR count). The number of Topliss-reactive ketones (excluding diaryl/α,β-unsaturated/α-hetero) is 1. The van der Waals surface area contributed by atoms with Crippen LogP contribution >= 0.6 is 0 Å². The lowest BCUT2D eigenvalue weighted by Gasteiger charge is -2.12. The van der Waals surface area contributed by atoms with Crippen molar-refractivity contribution in [2.75, 3.05) is 14.2 Å². The maximum atomic E-state index is 13.0. The van der Waals surface area contributed by atoms with Crippen molar-refractivity contribution < 1.29 is 18.7 Å². The van der Waals surface area contributed by atoms with Gasteiger partial charge in [0.05, 0.1) is 14.2 Å². The minimum atomic E-state index is -0.327. The fourth-order valence-electron chi connectivity index (χ4n) is 2.89. The van der Waals surface area contributed by atoms with E-state index in [1.807, 2.05) is 30.3 Å². The number of rotatable bonds is 6. The summed E-state index contributed by atoms with van der Waals surface area (Å²) in [6.07, 6.45) is 0.151. The van der Waals surface area contributed by atoms with E-state index in [0.29, 0.717) is 28.2 Å². The first-order chi connectivity index (χ1) is 13.0. The van der Waals surface area contributed by atoms with E-state index < -0.39 is 0 Å². The minimum Gasteiger partial charge on any atom is -0.496 e. The SMILES string of the molecule is C=C(C)C(=O)Cc1cc(OC)c2c(=O)c(OC)c(-c3ccccc3)oc2c1. The number of carbonyl (C=O) groups excluding carboxylic acids is 1. The first-order valence-corrected chi connectivity index (χ1v) is 8.42. The molecule has 0 atom stereocenters. The molecular formula is C22H20O5. The molecule has 0 unspecified atom stereocenters. The first kappa shape index (κ1) is 18.5. The van der Waals surface area contributed by atoms with Gasteiger partial charge in [0.25, 0.3) is 0 Å². The normalized spacial score (nSPS) is 10.6. The second-order valence-electron chi connectivity index (χ2n) is 6.21. The molecule has 0 amide bonds. The van der Waals surface area contributed by atoms with Crippen LogP contribution < -0.4 is 14.9 Å². The zero-order valence-electron chi connectivity index (χ0n) is 15.5. The molecule has 27 heavy (non-hydrogen) atoms. The van der Waals surface area contributed by atoms with E-state index >= 15 is 0 Å². The van der Waals surface area contributed by atoms with Gasteiger partial charge < -0.3 is 13.9 Å². The smallest absolute Gasteiger partial charge is 0.239 e. The van der Waals surface area contributed by atoms with Crippen molar-refractivity contribution in [3.05, 3.63) is 70.4 Å². The largest absolute Gasteiger partial charge is 0.496 e. The highest BCUT2D eigenvalue weighted by Gasteiger charge is 2.20. The fourth-order valence-corrected chi connectivity index (χ4v) is 2.89. The molecule has 1 aromatic heterocycles. The second-order valence-corrected chi connectivity index (χ2v) is 6.21. The predicted octanol–water partition coefficient (Wildman–Crippen LogP) is 4.16. The van der Waals surface area contributed by atoms with Crippen LogP contribution in [0.4, 0.5) is 0 Å². The third kappa shape index (κ3) is 3.49. The molecule has 0 fully saturated rings. The molecule has 2 aromatic carbocycles. The lowest BCUT2D eigenvalue weighted by Crippen LogP contribution is -2.10. The van der Waals surface area contributed by atoms with Gasteiger partial charge >= 0.3 is 0 Å². The average Bonchev–Trinajstić information content (AvgIpc) is 2.67. The third-order valence-corrected chi connectivity index (χ3v) is 4.28. The van der Waals surface area contributed by atoms with Crippen LogP contribution in [0.3, 0.4) is 0 Å². The van der Waals surface area contributed by atoms with E-state index in [4.69, 9.17) is 13.9 Å². The zero-order chi connectivity index (χ0) is 19.6. The summed E-state index contributed by atoms with van der Waals surface area (Å²) in [6, 6.07) is 12.6. The summed E-state index contributed by atoms with van der Waals surface area (Å²) in [5.74, 6) is 0.693. The molecular weight excluding hydrogens is 344 g/mol. The molecule has 0 radical (unpaired) electrons. The standard InChI is InChI=1S/C22H20O5/c1-13(2)16(23)10-14-11-17(25-3)19-18(12-14)27-21(22(26-4)20(19)24)15-8-6-5-7-9-15/h5-9,11-12H,1,10H2,2-4H3. The highest BCUT2D eigenvalue weighted by Crippen LogP contribution is 2.34. The molecule has 5 nitrogen and oxygen atoms in total. The highest BCUT2D eigenvalue weighted by atomic mass is 16.5. The molecule has 1 heterocycles. The topological polar surface area (TPSA) is 65.7 Å².